The van der Waals surface area contributed by atoms with Crippen LogP contribution in [0.4, 0.5) is 19.3 Å². The molecular weight excluding hydrogens is 448 g/mol. The van der Waals surface area contributed by atoms with Gasteiger partial charge < -0.3 is 14.5 Å². The van der Waals surface area contributed by atoms with Crippen molar-refractivity contribution in [2.75, 3.05) is 11.9 Å². The molecule has 0 aliphatic rings. The van der Waals surface area contributed by atoms with E-state index < -0.39 is 34.9 Å². The molecular formula is C24H17F2N3O5. The summed E-state index contributed by atoms with van der Waals surface area (Å²) in [6.45, 7) is 1.67. The van der Waals surface area contributed by atoms with Gasteiger partial charge in [-0.05, 0) is 43.3 Å². The van der Waals surface area contributed by atoms with Gasteiger partial charge in [0.2, 0.25) is 0 Å². The zero-order valence-electron chi connectivity index (χ0n) is 17.7. The number of hydrogen-bond donors (Lipinski definition) is 2. The topological polar surface area (TPSA) is 110 Å². The van der Waals surface area contributed by atoms with Crippen LogP contribution in [0.5, 0.6) is 5.75 Å². The third-order valence-electron chi connectivity index (χ3n) is 4.77. The molecule has 0 saturated carbocycles. The molecule has 0 unspecified atom stereocenters. The van der Waals surface area contributed by atoms with Crippen LogP contribution < -0.4 is 15.5 Å². The van der Waals surface area contributed by atoms with Gasteiger partial charge >= 0.3 is 12.1 Å². The Morgan fingerprint density at radius 1 is 1.12 bits per heavy atom. The Labute approximate surface area is 191 Å². The number of nitrogens with zero attached hydrogens (tertiary/aromatic N) is 1. The summed E-state index contributed by atoms with van der Waals surface area (Å²) in [6, 6.07) is 9.81. The van der Waals surface area contributed by atoms with Gasteiger partial charge in [0.1, 0.15) is 5.82 Å². The summed E-state index contributed by atoms with van der Waals surface area (Å²) in [5.74, 6) is -2.86. The minimum atomic E-state index is -0.943. The maximum absolute atomic E-state index is 15.0. The molecule has 4 aromatic rings. The van der Waals surface area contributed by atoms with E-state index >= 15 is 0 Å². The van der Waals surface area contributed by atoms with Crippen molar-refractivity contribution in [3.63, 3.8) is 0 Å². The number of benzene rings is 2. The van der Waals surface area contributed by atoms with Crippen LogP contribution in [0.3, 0.4) is 0 Å². The summed E-state index contributed by atoms with van der Waals surface area (Å²) in [5.41, 5.74) is -0.0451. The molecule has 0 bridgehead atoms. The van der Waals surface area contributed by atoms with Gasteiger partial charge in [0.25, 0.3) is 0 Å². The molecule has 34 heavy (non-hydrogen) atoms. The second kappa shape index (κ2) is 9.49. The highest BCUT2D eigenvalue weighted by Crippen LogP contribution is 2.34. The lowest BCUT2D eigenvalue weighted by molar-refractivity contribution is 0.0727. The molecule has 0 spiro atoms. The molecule has 2 aromatic heterocycles. The van der Waals surface area contributed by atoms with E-state index in [9.17, 15) is 23.2 Å². The minimum Gasteiger partial charge on any atom is -0.450 e. The Balaban J connectivity index is 1.81. The van der Waals surface area contributed by atoms with Crippen molar-refractivity contribution in [1.29, 1.82) is 0 Å². The molecule has 0 atom stereocenters. The zero-order valence-corrected chi connectivity index (χ0v) is 17.7. The van der Waals surface area contributed by atoms with E-state index in [4.69, 9.17) is 9.47 Å². The summed E-state index contributed by atoms with van der Waals surface area (Å²) in [4.78, 5) is 43.7. The SMILES string of the molecule is CCOC(=O)Nc1cc(OC(=O)c2cccnc2)c(F)cc1-c1cc(=O)c2ccc(F)cc2[nH]1. The molecule has 0 aliphatic heterocycles. The number of fused-ring (bicyclic) bond motifs is 1. The zero-order chi connectivity index (χ0) is 24.2. The fraction of sp³-hybridized carbons (Fsp3) is 0.0833. The number of rotatable bonds is 5. The number of aromatic nitrogens is 2. The molecule has 0 radical (unpaired) electrons. The molecule has 172 valence electrons. The molecule has 8 nitrogen and oxygen atoms in total. The van der Waals surface area contributed by atoms with Crippen LogP contribution in [0, 0.1) is 11.6 Å². The van der Waals surface area contributed by atoms with Crippen molar-refractivity contribution in [1.82, 2.24) is 9.97 Å². The van der Waals surface area contributed by atoms with Crippen LogP contribution in [0.2, 0.25) is 0 Å². The molecule has 1 amide bonds. The Bertz CT molecular complexity index is 1450. The van der Waals surface area contributed by atoms with E-state index in [0.717, 1.165) is 24.3 Å². The predicted octanol–water partition coefficient (Wildman–Crippen LogP) is 4.66. The number of nitrogens with one attached hydrogen (secondary N) is 2. The van der Waals surface area contributed by atoms with E-state index in [0.29, 0.717) is 0 Å². The molecule has 2 heterocycles. The first-order valence-corrected chi connectivity index (χ1v) is 10.1. The number of ether oxygens (including phenoxy) is 2. The van der Waals surface area contributed by atoms with Gasteiger partial charge in [0, 0.05) is 35.5 Å². The van der Waals surface area contributed by atoms with Crippen molar-refractivity contribution < 1.29 is 27.8 Å². The standard InChI is InChI=1S/C24H17F2N3O5/c1-2-33-24(32)29-20-11-22(34-23(31)13-4-3-7-27-12-13)17(26)9-16(20)19-10-21(30)15-6-5-14(25)8-18(15)28-19/h3-12H,2H2,1H3,(H,28,30)(H,29,32). The maximum atomic E-state index is 15.0. The Morgan fingerprint density at radius 2 is 1.94 bits per heavy atom. The molecule has 2 N–H and O–H groups in total. The van der Waals surface area contributed by atoms with Gasteiger partial charge in [-0.3, -0.25) is 15.1 Å². The number of carbonyl (C=O) groups is 2. The van der Waals surface area contributed by atoms with Crippen LogP contribution in [0.1, 0.15) is 17.3 Å². The smallest absolute Gasteiger partial charge is 0.411 e. The molecule has 0 aliphatic carbocycles. The van der Waals surface area contributed by atoms with Crippen LogP contribution in [-0.4, -0.2) is 28.6 Å². The van der Waals surface area contributed by atoms with E-state index in [2.05, 4.69) is 15.3 Å². The third-order valence-corrected chi connectivity index (χ3v) is 4.77. The number of anilines is 1. The van der Waals surface area contributed by atoms with Crippen molar-refractivity contribution in [3.05, 3.63) is 88.3 Å². The maximum Gasteiger partial charge on any atom is 0.411 e. The second-order valence-electron chi connectivity index (χ2n) is 7.04. The number of aromatic amines is 1. The quantitative estimate of drug-likeness (QED) is 0.328. The number of amides is 1. The first-order chi connectivity index (χ1) is 16.4. The van der Waals surface area contributed by atoms with Crippen LogP contribution >= 0.6 is 0 Å². The van der Waals surface area contributed by atoms with Gasteiger partial charge in [-0.15, -0.1) is 0 Å². The first kappa shape index (κ1) is 22.6. The first-order valence-electron chi connectivity index (χ1n) is 10.1. The fourth-order valence-electron chi connectivity index (χ4n) is 3.25. The van der Waals surface area contributed by atoms with Crippen molar-refractivity contribution in [2.24, 2.45) is 0 Å². The van der Waals surface area contributed by atoms with Crippen molar-refractivity contribution in [3.8, 4) is 17.0 Å². The summed E-state index contributed by atoms with van der Waals surface area (Å²) in [6.07, 6.45) is 1.86. The van der Waals surface area contributed by atoms with Gasteiger partial charge in [-0.25, -0.2) is 18.4 Å². The average Bonchev–Trinajstić information content (AvgIpc) is 2.81. The van der Waals surface area contributed by atoms with Crippen molar-refractivity contribution >= 4 is 28.7 Å². The highest BCUT2D eigenvalue weighted by atomic mass is 19.1. The average molecular weight is 465 g/mol. The number of esters is 1. The minimum absolute atomic E-state index is 0.0137. The Morgan fingerprint density at radius 3 is 2.68 bits per heavy atom. The Hall–Kier alpha value is -4.60. The highest BCUT2D eigenvalue weighted by molar-refractivity contribution is 5.94. The lowest BCUT2D eigenvalue weighted by Gasteiger charge is -2.15. The highest BCUT2D eigenvalue weighted by Gasteiger charge is 2.19. The molecule has 0 saturated heterocycles. The fourth-order valence-corrected chi connectivity index (χ4v) is 3.25. The van der Waals surface area contributed by atoms with E-state index in [-0.39, 0.29) is 40.0 Å². The van der Waals surface area contributed by atoms with Gasteiger partial charge in [-0.2, -0.15) is 0 Å². The number of pyridine rings is 2. The van der Waals surface area contributed by atoms with Crippen LogP contribution in [0.25, 0.3) is 22.2 Å². The predicted molar refractivity (Wildman–Crippen MR) is 120 cm³/mol. The normalized spacial score (nSPS) is 10.7. The second-order valence-corrected chi connectivity index (χ2v) is 7.04. The number of carbonyl (C=O) groups excluding carboxylic acids is 2. The van der Waals surface area contributed by atoms with E-state index in [1.807, 2.05) is 0 Å². The van der Waals surface area contributed by atoms with Gasteiger partial charge in [-0.1, -0.05) is 0 Å². The molecule has 0 fully saturated rings. The summed E-state index contributed by atoms with van der Waals surface area (Å²) in [7, 11) is 0. The number of halogens is 2. The van der Waals surface area contributed by atoms with E-state index in [1.165, 1.54) is 36.7 Å². The molecule has 10 heteroatoms. The Kier molecular flexibility index (Phi) is 6.30. The summed E-state index contributed by atoms with van der Waals surface area (Å²) in [5, 5.41) is 2.67. The lowest BCUT2D eigenvalue weighted by Crippen LogP contribution is -2.15. The summed E-state index contributed by atoms with van der Waals surface area (Å²) >= 11 is 0. The monoisotopic (exact) mass is 465 g/mol. The van der Waals surface area contributed by atoms with Gasteiger partial charge in [0.05, 0.1) is 29.1 Å². The van der Waals surface area contributed by atoms with Gasteiger partial charge in [0.15, 0.2) is 17.0 Å². The van der Waals surface area contributed by atoms with Crippen LogP contribution in [0.15, 0.2) is 65.7 Å². The largest absolute Gasteiger partial charge is 0.450 e. The lowest BCUT2D eigenvalue weighted by atomic mass is 10.1. The molecule has 4 rings (SSSR count). The van der Waals surface area contributed by atoms with Crippen molar-refractivity contribution in [2.45, 2.75) is 6.92 Å². The number of H-pyrrole nitrogens is 1. The third kappa shape index (κ3) is 4.75. The summed E-state index contributed by atoms with van der Waals surface area (Å²) < 4.78 is 38.7. The van der Waals surface area contributed by atoms with E-state index in [1.54, 1.807) is 6.92 Å². The molecule has 2 aromatic carbocycles. The van der Waals surface area contributed by atoms with Crippen LogP contribution in [-0.2, 0) is 4.74 Å². The number of hydrogen-bond acceptors (Lipinski definition) is 6.